The maximum Gasteiger partial charge on any atom is 0.335 e. The molecule has 6 atom stereocenters. The molecule has 12 nitrogen and oxygen atoms in total. The third-order valence-corrected chi connectivity index (χ3v) is 12.2. The third-order valence-electron chi connectivity index (χ3n) is 12.2. The number of hydrogen-bond donors (Lipinski definition) is 3. The van der Waals surface area contributed by atoms with Gasteiger partial charge in [0, 0.05) is 19.3 Å². The lowest BCUT2D eigenvalue weighted by Gasteiger charge is -2.40. The molecular weight excluding hydrogens is 853 g/mol. The van der Waals surface area contributed by atoms with E-state index in [0.717, 1.165) is 109 Å². The van der Waals surface area contributed by atoms with Gasteiger partial charge in [-0.3, -0.25) is 14.4 Å². The Kier molecular flexibility index (Phi) is 40.8. The van der Waals surface area contributed by atoms with Crippen molar-refractivity contribution in [1.29, 1.82) is 0 Å². The van der Waals surface area contributed by atoms with Crippen LogP contribution in [0.15, 0.2) is 36.5 Å². The number of carboxylic acid groups (broad SMARTS) is 1. The standard InChI is InChI=1S/C55H96O12/c1-4-7-10-13-16-19-22-24-27-29-32-35-38-41-47(56)63-44-46(65-48(57)42-39-36-33-31-28-25-23-20-17-14-11-8-5-2)45-64-55-53(51(60)50(59)52(67-55)54(61)62)66-49(58)43-40-37-34-30-26-21-18-15-12-9-6-3/h10,13,15,18-19,22,46,50-53,55,59-60H,4-9,11-12,14,16-17,20-21,23-45H2,1-3H3,(H,61,62)/b13-10-,18-15-,22-19-. The Morgan fingerprint density at radius 2 is 0.940 bits per heavy atom. The number of carbonyl (C=O) groups excluding carboxylic acids is 3. The van der Waals surface area contributed by atoms with Gasteiger partial charge < -0.3 is 39.0 Å². The fourth-order valence-electron chi connectivity index (χ4n) is 7.97. The van der Waals surface area contributed by atoms with E-state index < -0.39 is 67.3 Å². The molecule has 1 aliphatic heterocycles. The van der Waals surface area contributed by atoms with Gasteiger partial charge in [-0.05, 0) is 64.2 Å². The van der Waals surface area contributed by atoms with Gasteiger partial charge in [0.15, 0.2) is 24.6 Å². The molecule has 0 aliphatic carbocycles. The van der Waals surface area contributed by atoms with E-state index in [1.54, 1.807) is 0 Å². The zero-order valence-corrected chi connectivity index (χ0v) is 42.4. The smallest absolute Gasteiger partial charge is 0.335 e. The quantitative estimate of drug-likeness (QED) is 0.0228. The molecule has 0 amide bonds. The summed E-state index contributed by atoms with van der Waals surface area (Å²) in [5, 5.41) is 31.3. The van der Waals surface area contributed by atoms with Crippen LogP contribution in [0.5, 0.6) is 0 Å². The second-order valence-corrected chi connectivity index (χ2v) is 18.5. The van der Waals surface area contributed by atoms with Crippen LogP contribution in [-0.4, -0.2) is 89.2 Å². The van der Waals surface area contributed by atoms with Crippen LogP contribution in [0.4, 0.5) is 0 Å². The minimum absolute atomic E-state index is 0.0509. The first kappa shape index (κ1) is 62.0. The number of esters is 3. The van der Waals surface area contributed by atoms with Crippen LogP contribution in [-0.2, 0) is 42.9 Å². The molecule has 0 bridgehead atoms. The van der Waals surface area contributed by atoms with E-state index in [0.29, 0.717) is 19.3 Å². The van der Waals surface area contributed by atoms with Crippen molar-refractivity contribution in [2.24, 2.45) is 0 Å². The molecule has 6 unspecified atom stereocenters. The molecule has 0 aromatic rings. The van der Waals surface area contributed by atoms with E-state index in [2.05, 4.69) is 57.2 Å². The van der Waals surface area contributed by atoms with E-state index in [1.807, 2.05) is 0 Å². The molecule has 1 rings (SSSR count). The first-order valence-corrected chi connectivity index (χ1v) is 27.0. The monoisotopic (exact) mass is 949 g/mol. The van der Waals surface area contributed by atoms with Crippen molar-refractivity contribution in [3.63, 3.8) is 0 Å². The normalized spacial score (nSPS) is 19.1. The summed E-state index contributed by atoms with van der Waals surface area (Å²) in [6, 6.07) is 0. The van der Waals surface area contributed by atoms with Gasteiger partial charge in [0.2, 0.25) is 0 Å². The predicted molar refractivity (Wildman–Crippen MR) is 266 cm³/mol. The van der Waals surface area contributed by atoms with Gasteiger partial charge in [-0.15, -0.1) is 0 Å². The molecular formula is C55H96O12. The van der Waals surface area contributed by atoms with Crippen molar-refractivity contribution < 1.29 is 58.2 Å². The second-order valence-electron chi connectivity index (χ2n) is 18.5. The number of ether oxygens (including phenoxy) is 5. The van der Waals surface area contributed by atoms with Crippen LogP contribution in [0.25, 0.3) is 0 Å². The lowest BCUT2D eigenvalue weighted by molar-refractivity contribution is -0.301. The molecule has 0 aromatic heterocycles. The first-order chi connectivity index (χ1) is 32.6. The highest BCUT2D eigenvalue weighted by Gasteiger charge is 2.50. The van der Waals surface area contributed by atoms with Gasteiger partial charge in [0.05, 0.1) is 6.61 Å². The van der Waals surface area contributed by atoms with E-state index in [-0.39, 0.29) is 25.9 Å². The van der Waals surface area contributed by atoms with Crippen molar-refractivity contribution in [2.75, 3.05) is 13.2 Å². The number of carboxylic acids is 1. The first-order valence-electron chi connectivity index (χ1n) is 27.0. The molecule has 3 N–H and O–H groups in total. The van der Waals surface area contributed by atoms with Crippen LogP contribution in [0.3, 0.4) is 0 Å². The minimum Gasteiger partial charge on any atom is -0.479 e. The number of aliphatic carboxylic acids is 1. The van der Waals surface area contributed by atoms with Gasteiger partial charge >= 0.3 is 23.9 Å². The van der Waals surface area contributed by atoms with Crippen LogP contribution < -0.4 is 0 Å². The number of hydrogen-bond acceptors (Lipinski definition) is 11. The fourth-order valence-corrected chi connectivity index (χ4v) is 7.97. The van der Waals surface area contributed by atoms with Crippen LogP contribution in [0.1, 0.15) is 239 Å². The highest BCUT2D eigenvalue weighted by Crippen LogP contribution is 2.26. The number of rotatable bonds is 45. The minimum atomic E-state index is -1.90. The summed E-state index contributed by atoms with van der Waals surface area (Å²) in [6.45, 7) is 5.85. The van der Waals surface area contributed by atoms with Crippen LogP contribution in [0, 0.1) is 0 Å². The molecule has 0 saturated carbocycles. The number of carbonyl (C=O) groups is 4. The van der Waals surface area contributed by atoms with E-state index in [1.165, 1.54) is 70.6 Å². The Hall–Kier alpha value is -3.06. The second kappa shape index (κ2) is 44.2. The van der Waals surface area contributed by atoms with Crippen LogP contribution in [0.2, 0.25) is 0 Å². The molecule has 1 aliphatic rings. The maximum absolute atomic E-state index is 13.1. The summed E-state index contributed by atoms with van der Waals surface area (Å²) in [5.41, 5.74) is 0. The predicted octanol–water partition coefficient (Wildman–Crippen LogP) is 12.9. The maximum atomic E-state index is 13.1. The molecule has 0 spiro atoms. The van der Waals surface area contributed by atoms with E-state index in [9.17, 15) is 34.5 Å². The zero-order valence-electron chi connectivity index (χ0n) is 42.4. The molecule has 67 heavy (non-hydrogen) atoms. The summed E-state index contributed by atoms with van der Waals surface area (Å²) in [4.78, 5) is 50.8. The molecule has 0 radical (unpaired) electrons. The van der Waals surface area contributed by atoms with Gasteiger partial charge in [0.25, 0.3) is 0 Å². The Balaban J connectivity index is 2.73. The lowest BCUT2D eigenvalue weighted by Crippen LogP contribution is -2.61. The molecule has 12 heteroatoms. The number of unbranched alkanes of at least 4 members (excludes halogenated alkanes) is 25. The fraction of sp³-hybridized carbons (Fsp3) is 0.818. The highest BCUT2D eigenvalue weighted by molar-refractivity contribution is 5.74. The summed E-state index contributed by atoms with van der Waals surface area (Å²) in [6.07, 6.45) is 37.0. The van der Waals surface area contributed by atoms with Gasteiger partial charge in [0.1, 0.15) is 18.8 Å². The Morgan fingerprint density at radius 1 is 0.493 bits per heavy atom. The number of aliphatic hydroxyl groups is 2. The number of aliphatic hydroxyl groups excluding tert-OH is 2. The Morgan fingerprint density at radius 3 is 1.46 bits per heavy atom. The lowest BCUT2D eigenvalue weighted by atomic mass is 9.98. The van der Waals surface area contributed by atoms with Gasteiger partial charge in [-0.2, -0.15) is 0 Å². The summed E-state index contributed by atoms with van der Waals surface area (Å²) in [7, 11) is 0. The molecule has 0 aromatic carbocycles. The van der Waals surface area contributed by atoms with Crippen molar-refractivity contribution in [2.45, 2.75) is 276 Å². The summed E-state index contributed by atoms with van der Waals surface area (Å²) >= 11 is 0. The van der Waals surface area contributed by atoms with Crippen LogP contribution >= 0.6 is 0 Å². The average Bonchev–Trinajstić information content (AvgIpc) is 3.31. The number of allylic oxidation sites excluding steroid dienone is 6. The Bertz CT molecular complexity index is 1310. The van der Waals surface area contributed by atoms with Crippen molar-refractivity contribution in [1.82, 2.24) is 0 Å². The van der Waals surface area contributed by atoms with E-state index in [4.69, 9.17) is 23.7 Å². The molecule has 1 heterocycles. The van der Waals surface area contributed by atoms with Gasteiger partial charge in [-0.25, -0.2) is 4.79 Å². The van der Waals surface area contributed by atoms with Crippen molar-refractivity contribution in [3.05, 3.63) is 36.5 Å². The van der Waals surface area contributed by atoms with E-state index >= 15 is 0 Å². The Labute approximate surface area is 406 Å². The SMILES string of the molecule is CCC/C=C\C/C=C\CCCCCCCC(=O)OCC(COC1OC(C(=O)O)C(O)C(O)C1OC(=O)CCCCCCC/C=C\CCCC)OC(=O)CCCCCCCCCCCCCCC. The largest absolute Gasteiger partial charge is 0.479 e. The highest BCUT2D eigenvalue weighted by atomic mass is 16.7. The van der Waals surface area contributed by atoms with Crippen molar-refractivity contribution in [3.8, 4) is 0 Å². The average molecular weight is 949 g/mol. The molecule has 1 fully saturated rings. The summed E-state index contributed by atoms with van der Waals surface area (Å²) in [5.74, 6) is -3.14. The summed E-state index contributed by atoms with van der Waals surface area (Å²) < 4.78 is 28.3. The van der Waals surface area contributed by atoms with Gasteiger partial charge in [-0.1, -0.05) is 192 Å². The molecule has 388 valence electrons. The zero-order chi connectivity index (χ0) is 49.0. The topological polar surface area (TPSA) is 175 Å². The third kappa shape index (κ3) is 34.8. The van der Waals surface area contributed by atoms with Crippen molar-refractivity contribution >= 4 is 23.9 Å². The molecule has 1 saturated heterocycles.